The van der Waals surface area contributed by atoms with Crippen LogP contribution in [0.4, 0.5) is 0 Å². The predicted molar refractivity (Wildman–Crippen MR) is 219 cm³/mol. The topological polar surface area (TPSA) is 0 Å². The molecule has 0 radical (unpaired) electrons. The molecule has 0 N–H and O–H groups in total. The third kappa shape index (κ3) is 8.45. The Balaban J connectivity index is 1.13. The van der Waals surface area contributed by atoms with Crippen LogP contribution >= 0.6 is 0 Å². The zero-order chi connectivity index (χ0) is 34.8. The molecular formula is C51H44. The van der Waals surface area contributed by atoms with Gasteiger partial charge < -0.3 is 0 Å². The third-order valence-electron chi connectivity index (χ3n) is 9.77. The molecule has 5 aromatic carbocycles. The minimum Gasteiger partial charge on any atom is -0.112 e. The zero-order valence-electron chi connectivity index (χ0n) is 29.6. The molecule has 0 aliphatic heterocycles. The van der Waals surface area contributed by atoms with Gasteiger partial charge in [0.05, 0.1) is 0 Å². The lowest BCUT2D eigenvalue weighted by atomic mass is 9.92. The average molecular weight is 657 g/mol. The molecule has 2 aliphatic carbocycles. The van der Waals surface area contributed by atoms with Gasteiger partial charge in [-0.3, -0.25) is 0 Å². The first-order valence-corrected chi connectivity index (χ1v) is 18.1. The summed E-state index contributed by atoms with van der Waals surface area (Å²) >= 11 is 0. The second-order valence-electron chi connectivity index (χ2n) is 13.4. The Bertz CT molecular complexity index is 2330. The molecule has 0 aromatic heterocycles. The molecular weight excluding hydrogens is 613 g/mol. The van der Waals surface area contributed by atoms with E-state index in [0.717, 1.165) is 30.4 Å². The summed E-state index contributed by atoms with van der Waals surface area (Å²) in [5, 5.41) is 2.64. The second kappa shape index (κ2) is 16.2. The minimum absolute atomic E-state index is 0.392. The van der Waals surface area contributed by atoms with E-state index in [1.54, 1.807) is 0 Å². The van der Waals surface area contributed by atoms with Crippen molar-refractivity contribution >= 4 is 28.9 Å². The highest BCUT2D eigenvalue weighted by Gasteiger charge is 2.11. The molecule has 0 bridgehead atoms. The first kappa shape index (κ1) is 33.6. The molecule has 0 spiro atoms. The SMILES string of the molecule is CCC1C=CC=c2cc(Cc3ccc(C)cc3)ccc2=C1/C=C\Cc1ccc(C(=Cc2ccccc2)c2ccc(C3=C=CC=CC=C3)cc2)cc1. The molecule has 51 heavy (non-hydrogen) atoms. The summed E-state index contributed by atoms with van der Waals surface area (Å²) in [6.07, 6.45) is 27.0. The lowest BCUT2D eigenvalue weighted by Crippen LogP contribution is -2.28. The number of benzene rings is 5. The van der Waals surface area contributed by atoms with Gasteiger partial charge in [-0.15, -0.1) is 5.73 Å². The van der Waals surface area contributed by atoms with Gasteiger partial charge in [-0.1, -0.05) is 182 Å². The first-order valence-electron chi connectivity index (χ1n) is 18.1. The molecule has 0 heteroatoms. The summed E-state index contributed by atoms with van der Waals surface area (Å²) in [4.78, 5) is 0. The molecule has 0 amide bonds. The molecule has 0 saturated heterocycles. The van der Waals surface area contributed by atoms with E-state index in [-0.39, 0.29) is 0 Å². The maximum Gasteiger partial charge on any atom is 0.0237 e. The summed E-state index contributed by atoms with van der Waals surface area (Å²) < 4.78 is 0. The summed E-state index contributed by atoms with van der Waals surface area (Å²) in [5.74, 6) is 0.392. The lowest BCUT2D eigenvalue weighted by Gasteiger charge is -2.13. The molecule has 7 rings (SSSR count). The van der Waals surface area contributed by atoms with Gasteiger partial charge in [-0.2, -0.15) is 0 Å². The highest BCUT2D eigenvalue weighted by atomic mass is 14.2. The fourth-order valence-electron chi connectivity index (χ4n) is 6.89. The number of aryl methyl sites for hydroxylation is 1. The molecule has 0 nitrogen and oxygen atoms in total. The van der Waals surface area contributed by atoms with Crippen molar-refractivity contribution in [3.05, 3.63) is 237 Å². The molecule has 0 saturated carbocycles. The number of rotatable bonds is 10. The molecule has 1 unspecified atom stereocenters. The minimum atomic E-state index is 0.392. The van der Waals surface area contributed by atoms with Crippen molar-refractivity contribution in [3.63, 3.8) is 0 Å². The van der Waals surface area contributed by atoms with Crippen molar-refractivity contribution in [2.75, 3.05) is 0 Å². The van der Waals surface area contributed by atoms with E-state index in [2.05, 4.69) is 190 Å². The smallest absolute Gasteiger partial charge is 0.0237 e. The number of allylic oxidation sites excluding steroid dienone is 9. The van der Waals surface area contributed by atoms with E-state index in [1.807, 2.05) is 18.2 Å². The van der Waals surface area contributed by atoms with Gasteiger partial charge in [0.25, 0.3) is 0 Å². The fourth-order valence-corrected chi connectivity index (χ4v) is 6.89. The van der Waals surface area contributed by atoms with Crippen LogP contribution in [0, 0.1) is 12.8 Å². The molecule has 248 valence electrons. The molecule has 1 atom stereocenters. The number of fused-ring (bicyclic) bond motifs is 1. The maximum absolute atomic E-state index is 3.38. The standard InChI is InChI=1S/C51H44/c1-3-43-18-12-19-48-36-42(35-41-23-21-38(2)22-24-41)27-34-50(48)49(43)20-11-15-39-25-28-46(29-26-39)51(37-40-13-7-6-8-14-40)47-32-30-45(31-33-47)44-16-9-4-5-10-17-44/h4-14,16,18-34,36-37,43H,3,15,35H2,1-2H3/b20-11-,51-37?. The van der Waals surface area contributed by atoms with Crippen LogP contribution in [0.2, 0.25) is 0 Å². The summed E-state index contributed by atoms with van der Waals surface area (Å²) in [7, 11) is 0. The fraction of sp³-hybridized carbons (Fsp3) is 0.118. The summed E-state index contributed by atoms with van der Waals surface area (Å²) in [6.45, 7) is 4.43. The van der Waals surface area contributed by atoms with Crippen LogP contribution in [0.15, 0.2) is 182 Å². The van der Waals surface area contributed by atoms with E-state index < -0.39 is 0 Å². The van der Waals surface area contributed by atoms with Gasteiger partial charge >= 0.3 is 0 Å². The van der Waals surface area contributed by atoms with E-state index in [4.69, 9.17) is 0 Å². The van der Waals surface area contributed by atoms with E-state index >= 15 is 0 Å². The third-order valence-corrected chi connectivity index (χ3v) is 9.77. The van der Waals surface area contributed by atoms with Gasteiger partial charge in [0.2, 0.25) is 0 Å². The van der Waals surface area contributed by atoms with Crippen molar-refractivity contribution in [2.24, 2.45) is 5.92 Å². The largest absolute Gasteiger partial charge is 0.112 e. The summed E-state index contributed by atoms with van der Waals surface area (Å²) in [6, 6.07) is 44.4. The van der Waals surface area contributed by atoms with Crippen LogP contribution in [-0.2, 0) is 12.8 Å². The van der Waals surface area contributed by atoms with Gasteiger partial charge in [0.15, 0.2) is 0 Å². The second-order valence-corrected chi connectivity index (χ2v) is 13.4. The summed E-state index contributed by atoms with van der Waals surface area (Å²) in [5.41, 5.74) is 17.1. The maximum atomic E-state index is 3.38. The quantitative estimate of drug-likeness (QED) is 0.104. The van der Waals surface area contributed by atoms with E-state index in [0.29, 0.717) is 5.92 Å². The van der Waals surface area contributed by atoms with Crippen LogP contribution in [0.1, 0.15) is 57.9 Å². The highest BCUT2D eigenvalue weighted by Crippen LogP contribution is 2.29. The van der Waals surface area contributed by atoms with Crippen LogP contribution in [0.3, 0.4) is 0 Å². The van der Waals surface area contributed by atoms with Crippen molar-refractivity contribution < 1.29 is 0 Å². The normalized spacial score (nSPS) is 15.3. The lowest BCUT2D eigenvalue weighted by molar-refractivity contribution is 0.794. The van der Waals surface area contributed by atoms with Crippen molar-refractivity contribution in [1.82, 2.24) is 0 Å². The Labute approximate surface area is 303 Å². The molecule has 5 aromatic rings. The van der Waals surface area contributed by atoms with Gasteiger partial charge in [0, 0.05) is 11.5 Å². The number of hydrogen-bond donors (Lipinski definition) is 0. The Hall–Kier alpha value is -5.94. The average Bonchev–Trinajstić information content (AvgIpc) is 3.55. The van der Waals surface area contributed by atoms with Crippen molar-refractivity contribution in [2.45, 2.75) is 33.1 Å². The number of hydrogen-bond acceptors (Lipinski definition) is 0. The van der Waals surface area contributed by atoms with Gasteiger partial charge in [0.1, 0.15) is 0 Å². The van der Waals surface area contributed by atoms with Crippen molar-refractivity contribution in [3.8, 4) is 0 Å². The van der Waals surface area contributed by atoms with Crippen LogP contribution < -0.4 is 10.4 Å². The Morgan fingerprint density at radius 3 is 2.20 bits per heavy atom. The van der Waals surface area contributed by atoms with Gasteiger partial charge in [-0.05, 0) is 105 Å². The first-order chi connectivity index (χ1) is 25.1. The van der Waals surface area contributed by atoms with Crippen LogP contribution in [-0.4, -0.2) is 0 Å². The van der Waals surface area contributed by atoms with Gasteiger partial charge in [-0.25, -0.2) is 0 Å². The monoisotopic (exact) mass is 656 g/mol. The van der Waals surface area contributed by atoms with Crippen molar-refractivity contribution in [1.29, 1.82) is 0 Å². The predicted octanol–water partition coefficient (Wildman–Crippen LogP) is 11.2. The Morgan fingerprint density at radius 2 is 1.43 bits per heavy atom. The van der Waals surface area contributed by atoms with E-state index in [9.17, 15) is 0 Å². The Kier molecular flexibility index (Phi) is 10.6. The van der Waals surface area contributed by atoms with Crippen LogP contribution in [0.25, 0.3) is 28.9 Å². The molecule has 0 fully saturated rings. The van der Waals surface area contributed by atoms with Crippen LogP contribution in [0.5, 0.6) is 0 Å². The molecule has 0 heterocycles. The molecule has 2 aliphatic rings. The highest BCUT2D eigenvalue weighted by molar-refractivity contribution is 5.92. The zero-order valence-corrected chi connectivity index (χ0v) is 29.6. The Morgan fingerprint density at radius 1 is 0.706 bits per heavy atom. The van der Waals surface area contributed by atoms with E-state index in [1.165, 1.54) is 60.5 Å².